The lowest BCUT2D eigenvalue weighted by molar-refractivity contribution is 0.429. The fourth-order valence-electron chi connectivity index (χ4n) is 1.80. The van der Waals surface area contributed by atoms with Crippen LogP contribution in [0, 0.1) is 11.3 Å². The van der Waals surface area contributed by atoms with Gasteiger partial charge in [0.25, 0.3) is 0 Å². The number of pyridine rings is 1. The van der Waals surface area contributed by atoms with Gasteiger partial charge in [-0.1, -0.05) is 25.4 Å². The molecular formula is C13H18ClN3S. The Balaban J connectivity index is 2.58. The Labute approximate surface area is 118 Å². The number of nitrogens with zero attached hydrogens (tertiary/aromatic N) is 2. The van der Waals surface area contributed by atoms with Gasteiger partial charge >= 0.3 is 0 Å². The van der Waals surface area contributed by atoms with Gasteiger partial charge in [-0.15, -0.1) is 11.8 Å². The third kappa shape index (κ3) is 4.85. The molecule has 0 saturated heterocycles. The molecule has 0 aromatic carbocycles. The molecule has 3 nitrogen and oxygen atoms in total. The summed E-state index contributed by atoms with van der Waals surface area (Å²) in [6.45, 7) is 6.84. The second kappa shape index (κ2) is 6.98. The average Bonchev–Trinajstić information content (AvgIpc) is 2.32. The maximum atomic E-state index is 9.21. The Kier molecular flexibility index (Phi) is 5.94. The predicted octanol–water partition coefficient (Wildman–Crippen LogP) is 3.50. The van der Waals surface area contributed by atoms with Crippen LogP contribution in [-0.2, 0) is 0 Å². The van der Waals surface area contributed by atoms with E-state index in [4.69, 9.17) is 11.6 Å². The van der Waals surface area contributed by atoms with E-state index >= 15 is 0 Å². The van der Waals surface area contributed by atoms with Crippen LogP contribution in [0.15, 0.2) is 23.4 Å². The molecule has 0 aliphatic heterocycles. The molecular weight excluding hydrogens is 266 g/mol. The molecule has 2 atom stereocenters. The van der Waals surface area contributed by atoms with E-state index in [1.807, 2.05) is 26.0 Å². The molecule has 1 rings (SSSR count). The van der Waals surface area contributed by atoms with Crippen LogP contribution in [0.3, 0.4) is 0 Å². The van der Waals surface area contributed by atoms with Crippen molar-refractivity contribution in [2.24, 2.45) is 0 Å². The van der Waals surface area contributed by atoms with Crippen molar-refractivity contribution in [2.75, 3.05) is 6.54 Å². The monoisotopic (exact) mass is 283 g/mol. The summed E-state index contributed by atoms with van der Waals surface area (Å²) in [4.78, 5) is 4.25. The lowest BCUT2D eigenvalue weighted by Gasteiger charge is -2.25. The van der Waals surface area contributed by atoms with E-state index in [0.29, 0.717) is 10.3 Å². The number of thioether (sulfide) groups is 1. The molecule has 0 radical (unpaired) electrons. The lowest BCUT2D eigenvalue weighted by atomic mass is 9.98. The quantitative estimate of drug-likeness (QED) is 0.812. The minimum Gasteiger partial charge on any atom is -0.300 e. The molecule has 1 heterocycles. The molecule has 1 N–H and O–H groups in total. The molecule has 0 spiro atoms. The van der Waals surface area contributed by atoms with Gasteiger partial charge in [0.1, 0.15) is 5.54 Å². The zero-order valence-electron chi connectivity index (χ0n) is 10.9. The van der Waals surface area contributed by atoms with Gasteiger partial charge in [-0.3, -0.25) is 5.32 Å². The van der Waals surface area contributed by atoms with E-state index in [1.54, 1.807) is 18.0 Å². The molecule has 0 aliphatic carbocycles. The zero-order valence-corrected chi connectivity index (χ0v) is 12.5. The summed E-state index contributed by atoms with van der Waals surface area (Å²) in [5.74, 6) is 0. The maximum absolute atomic E-state index is 9.21. The lowest BCUT2D eigenvalue weighted by Crippen LogP contribution is -2.42. The van der Waals surface area contributed by atoms with E-state index in [-0.39, 0.29) is 0 Å². The van der Waals surface area contributed by atoms with Crippen LogP contribution in [-0.4, -0.2) is 22.3 Å². The van der Waals surface area contributed by atoms with Crippen LogP contribution >= 0.6 is 23.4 Å². The van der Waals surface area contributed by atoms with Crippen molar-refractivity contribution in [3.8, 4) is 6.07 Å². The van der Waals surface area contributed by atoms with Gasteiger partial charge in [0.15, 0.2) is 0 Å². The van der Waals surface area contributed by atoms with E-state index in [9.17, 15) is 5.26 Å². The normalized spacial score (nSPS) is 15.7. The van der Waals surface area contributed by atoms with Crippen LogP contribution in [0.2, 0.25) is 5.02 Å². The van der Waals surface area contributed by atoms with E-state index in [1.165, 1.54) is 0 Å². The first-order valence-electron chi connectivity index (χ1n) is 5.93. The van der Waals surface area contributed by atoms with Crippen LogP contribution in [0.1, 0.15) is 27.2 Å². The Bertz CT molecular complexity index is 415. The molecule has 0 amide bonds. The minimum atomic E-state index is -0.479. The number of nitriles is 1. The third-order valence-electron chi connectivity index (χ3n) is 2.53. The Morgan fingerprint density at radius 3 is 2.83 bits per heavy atom. The molecule has 98 valence electrons. The number of aromatic nitrogens is 1. The van der Waals surface area contributed by atoms with Crippen molar-refractivity contribution in [3.63, 3.8) is 0 Å². The van der Waals surface area contributed by atoms with Crippen LogP contribution in [0.5, 0.6) is 0 Å². The van der Waals surface area contributed by atoms with Gasteiger partial charge in [-0.05, 0) is 32.0 Å². The fourth-order valence-corrected chi connectivity index (χ4v) is 3.00. The van der Waals surface area contributed by atoms with Crippen molar-refractivity contribution in [2.45, 2.75) is 43.0 Å². The van der Waals surface area contributed by atoms with Gasteiger partial charge in [-0.25, -0.2) is 4.98 Å². The molecule has 5 heteroatoms. The van der Waals surface area contributed by atoms with Crippen molar-refractivity contribution >= 4 is 23.4 Å². The van der Waals surface area contributed by atoms with Gasteiger partial charge in [-0.2, -0.15) is 5.26 Å². The first-order chi connectivity index (χ1) is 8.49. The summed E-state index contributed by atoms with van der Waals surface area (Å²) in [5, 5.41) is 14.3. The van der Waals surface area contributed by atoms with Gasteiger partial charge in [0, 0.05) is 11.4 Å². The van der Waals surface area contributed by atoms with Crippen molar-refractivity contribution in [1.82, 2.24) is 10.3 Å². The Morgan fingerprint density at radius 1 is 1.61 bits per heavy atom. The molecule has 2 unspecified atom stereocenters. The number of nitrogens with one attached hydrogen (secondary N) is 1. The highest BCUT2D eigenvalue weighted by Crippen LogP contribution is 2.27. The van der Waals surface area contributed by atoms with E-state index in [2.05, 4.69) is 23.3 Å². The summed E-state index contributed by atoms with van der Waals surface area (Å²) in [6, 6.07) is 6.07. The van der Waals surface area contributed by atoms with Crippen molar-refractivity contribution < 1.29 is 0 Å². The molecule has 1 aromatic rings. The fraction of sp³-hybridized carbons (Fsp3) is 0.538. The molecule has 0 fully saturated rings. The SMILES string of the molecule is CCNC(C)(C#N)CC(C)Sc1ccc(Cl)cn1. The van der Waals surface area contributed by atoms with Crippen molar-refractivity contribution in [1.29, 1.82) is 5.26 Å². The second-order valence-electron chi connectivity index (χ2n) is 4.42. The minimum absolute atomic E-state index is 0.308. The number of hydrogen-bond donors (Lipinski definition) is 1. The topological polar surface area (TPSA) is 48.7 Å². The highest BCUT2D eigenvalue weighted by atomic mass is 35.5. The summed E-state index contributed by atoms with van der Waals surface area (Å²) >= 11 is 7.45. The standard InChI is InChI=1S/C13H18ClN3S/c1-4-17-13(3,9-15)7-10(2)18-12-6-5-11(14)8-16-12/h5-6,8,10,17H,4,7H2,1-3H3. The van der Waals surface area contributed by atoms with E-state index < -0.39 is 5.54 Å². The van der Waals surface area contributed by atoms with Crippen molar-refractivity contribution in [3.05, 3.63) is 23.4 Å². The van der Waals surface area contributed by atoms with E-state index in [0.717, 1.165) is 18.0 Å². The zero-order chi connectivity index (χ0) is 13.6. The first-order valence-corrected chi connectivity index (χ1v) is 7.19. The number of rotatable bonds is 6. The summed E-state index contributed by atoms with van der Waals surface area (Å²) in [7, 11) is 0. The molecule has 0 aliphatic rings. The summed E-state index contributed by atoms with van der Waals surface area (Å²) < 4.78 is 0. The average molecular weight is 284 g/mol. The smallest absolute Gasteiger partial charge is 0.104 e. The Morgan fingerprint density at radius 2 is 2.33 bits per heavy atom. The number of halogens is 1. The second-order valence-corrected chi connectivity index (χ2v) is 6.32. The predicted molar refractivity (Wildman–Crippen MR) is 76.9 cm³/mol. The highest BCUT2D eigenvalue weighted by Gasteiger charge is 2.25. The van der Waals surface area contributed by atoms with Crippen LogP contribution < -0.4 is 5.32 Å². The van der Waals surface area contributed by atoms with Crippen LogP contribution in [0.4, 0.5) is 0 Å². The summed E-state index contributed by atoms with van der Waals surface area (Å²) in [5.41, 5.74) is -0.479. The van der Waals surface area contributed by atoms with Gasteiger partial charge in [0.05, 0.1) is 16.1 Å². The highest BCUT2D eigenvalue weighted by molar-refractivity contribution is 7.99. The molecule has 0 bridgehead atoms. The molecule has 0 saturated carbocycles. The number of hydrogen-bond acceptors (Lipinski definition) is 4. The maximum Gasteiger partial charge on any atom is 0.104 e. The first kappa shape index (κ1) is 15.3. The van der Waals surface area contributed by atoms with Crippen LogP contribution in [0.25, 0.3) is 0 Å². The Hall–Kier alpha value is -0.760. The van der Waals surface area contributed by atoms with Gasteiger partial charge < -0.3 is 0 Å². The largest absolute Gasteiger partial charge is 0.300 e. The third-order valence-corrected chi connectivity index (χ3v) is 3.81. The van der Waals surface area contributed by atoms with Gasteiger partial charge in [0.2, 0.25) is 0 Å². The summed E-state index contributed by atoms with van der Waals surface area (Å²) in [6.07, 6.45) is 2.41. The molecule has 1 aromatic heterocycles. The molecule has 18 heavy (non-hydrogen) atoms.